The second kappa shape index (κ2) is 4.62. The second-order valence-electron chi connectivity index (χ2n) is 4.25. The molecule has 1 fully saturated rings. The second-order valence-corrected chi connectivity index (χ2v) is 4.25. The first-order valence-electron chi connectivity index (χ1n) is 5.59. The highest BCUT2D eigenvalue weighted by Crippen LogP contribution is 2.21. The molecule has 0 saturated carbocycles. The number of anilines is 1. The van der Waals surface area contributed by atoms with Crippen LogP contribution in [0.1, 0.15) is 18.5 Å². The molecular formula is C12H18N2O. The monoisotopic (exact) mass is 206 g/mol. The molecule has 1 aromatic heterocycles. The van der Waals surface area contributed by atoms with Crippen LogP contribution in [0.15, 0.2) is 18.2 Å². The normalized spacial score (nSPS) is 18.1. The predicted molar refractivity (Wildman–Crippen MR) is 61.0 cm³/mol. The van der Waals surface area contributed by atoms with Gasteiger partial charge in [0.25, 0.3) is 0 Å². The Labute approximate surface area is 90.8 Å². The third-order valence-corrected chi connectivity index (χ3v) is 3.07. The minimum atomic E-state index is 0.328. The summed E-state index contributed by atoms with van der Waals surface area (Å²) < 4.78 is 0. The largest absolute Gasteiger partial charge is 0.396 e. The van der Waals surface area contributed by atoms with E-state index in [1.807, 2.05) is 13.0 Å². The first-order chi connectivity index (χ1) is 7.29. The van der Waals surface area contributed by atoms with Crippen molar-refractivity contribution in [2.24, 2.45) is 5.92 Å². The minimum Gasteiger partial charge on any atom is -0.396 e. The lowest BCUT2D eigenvalue weighted by Crippen LogP contribution is -2.35. The van der Waals surface area contributed by atoms with Gasteiger partial charge < -0.3 is 10.0 Å². The van der Waals surface area contributed by atoms with Crippen molar-refractivity contribution in [3.05, 3.63) is 23.9 Å². The van der Waals surface area contributed by atoms with Crippen LogP contribution in [-0.4, -0.2) is 29.8 Å². The number of aliphatic hydroxyl groups excluding tert-OH is 1. The molecule has 0 unspecified atom stereocenters. The van der Waals surface area contributed by atoms with Crippen LogP contribution >= 0.6 is 0 Å². The summed E-state index contributed by atoms with van der Waals surface area (Å²) in [7, 11) is 0. The van der Waals surface area contributed by atoms with Gasteiger partial charge in [-0.3, -0.25) is 0 Å². The molecule has 1 N–H and O–H groups in total. The molecule has 0 aliphatic carbocycles. The van der Waals surface area contributed by atoms with Gasteiger partial charge in [-0.05, 0) is 37.8 Å². The smallest absolute Gasteiger partial charge is 0.128 e. The van der Waals surface area contributed by atoms with Gasteiger partial charge in [-0.25, -0.2) is 4.98 Å². The first-order valence-corrected chi connectivity index (χ1v) is 5.59. The Bertz CT molecular complexity index is 319. The fraction of sp³-hybridized carbons (Fsp3) is 0.583. The maximum Gasteiger partial charge on any atom is 0.128 e. The predicted octanol–water partition coefficient (Wildman–Crippen LogP) is 1.60. The van der Waals surface area contributed by atoms with Gasteiger partial charge in [0.05, 0.1) is 0 Å². The molecule has 3 heteroatoms. The van der Waals surface area contributed by atoms with Crippen molar-refractivity contribution in [2.45, 2.75) is 19.8 Å². The number of nitrogens with zero attached hydrogens (tertiary/aromatic N) is 2. The third kappa shape index (κ3) is 2.48. The highest BCUT2D eigenvalue weighted by atomic mass is 16.3. The van der Waals surface area contributed by atoms with E-state index in [-0.39, 0.29) is 0 Å². The molecule has 1 saturated heterocycles. The number of rotatable bonds is 2. The highest BCUT2D eigenvalue weighted by Gasteiger charge is 2.19. The van der Waals surface area contributed by atoms with Gasteiger partial charge in [0.1, 0.15) is 5.82 Å². The van der Waals surface area contributed by atoms with Crippen molar-refractivity contribution in [2.75, 3.05) is 24.6 Å². The minimum absolute atomic E-state index is 0.328. The average Bonchev–Trinajstić information content (AvgIpc) is 2.29. The van der Waals surface area contributed by atoms with Gasteiger partial charge in [-0.2, -0.15) is 0 Å². The fourth-order valence-corrected chi connectivity index (χ4v) is 2.05. The summed E-state index contributed by atoms with van der Waals surface area (Å²) in [6.45, 7) is 4.38. The Kier molecular flexibility index (Phi) is 3.21. The van der Waals surface area contributed by atoms with E-state index < -0.39 is 0 Å². The van der Waals surface area contributed by atoms with E-state index in [4.69, 9.17) is 5.11 Å². The van der Waals surface area contributed by atoms with Crippen LogP contribution in [0, 0.1) is 12.8 Å². The number of aryl methyl sites for hydroxylation is 1. The summed E-state index contributed by atoms with van der Waals surface area (Å²) in [5, 5.41) is 9.06. The van der Waals surface area contributed by atoms with E-state index in [0.29, 0.717) is 12.5 Å². The van der Waals surface area contributed by atoms with E-state index in [0.717, 1.165) is 37.4 Å². The first kappa shape index (κ1) is 10.4. The number of hydrogen-bond acceptors (Lipinski definition) is 3. The Balaban J connectivity index is 2.01. The Morgan fingerprint density at radius 3 is 2.73 bits per heavy atom. The zero-order valence-corrected chi connectivity index (χ0v) is 9.19. The summed E-state index contributed by atoms with van der Waals surface area (Å²) in [4.78, 5) is 6.82. The molecule has 1 aromatic rings. The molecule has 0 aromatic carbocycles. The molecule has 2 rings (SSSR count). The van der Waals surface area contributed by atoms with E-state index in [1.165, 1.54) is 0 Å². The van der Waals surface area contributed by atoms with Gasteiger partial charge in [0.15, 0.2) is 0 Å². The summed E-state index contributed by atoms with van der Waals surface area (Å²) >= 11 is 0. The molecule has 0 spiro atoms. The summed E-state index contributed by atoms with van der Waals surface area (Å²) in [6, 6.07) is 6.13. The Morgan fingerprint density at radius 1 is 1.40 bits per heavy atom. The van der Waals surface area contributed by atoms with E-state index in [9.17, 15) is 0 Å². The van der Waals surface area contributed by atoms with Crippen molar-refractivity contribution >= 4 is 5.82 Å². The van der Waals surface area contributed by atoms with Gasteiger partial charge in [-0.15, -0.1) is 0 Å². The molecule has 0 radical (unpaired) electrons. The lowest BCUT2D eigenvalue weighted by molar-refractivity contribution is 0.203. The average molecular weight is 206 g/mol. The van der Waals surface area contributed by atoms with Crippen LogP contribution in [-0.2, 0) is 0 Å². The number of pyridine rings is 1. The van der Waals surface area contributed by atoms with Crippen LogP contribution in [0.25, 0.3) is 0 Å². The van der Waals surface area contributed by atoms with Crippen LogP contribution in [0.4, 0.5) is 5.82 Å². The summed E-state index contributed by atoms with van der Waals surface area (Å²) in [5.41, 5.74) is 1.07. The zero-order chi connectivity index (χ0) is 10.7. The highest BCUT2D eigenvalue weighted by molar-refractivity contribution is 5.39. The maximum absolute atomic E-state index is 9.06. The summed E-state index contributed by atoms with van der Waals surface area (Å²) in [5.74, 6) is 1.57. The Morgan fingerprint density at radius 2 is 2.13 bits per heavy atom. The van der Waals surface area contributed by atoms with Crippen molar-refractivity contribution < 1.29 is 5.11 Å². The van der Waals surface area contributed by atoms with Gasteiger partial charge >= 0.3 is 0 Å². The van der Waals surface area contributed by atoms with Gasteiger partial charge in [-0.1, -0.05) is 6.07 Å². The molecule has 1 aliphatic rings. The number of aromatic nitrogens is 1. The van der Waals surface area contributed by atoms with Crippen LogP contribution in [0.3, 0.4) is 0 Å². The summed E-state index contributed by atoms with van der Waals surface area (Å²) in [6.07, 6.45) is 2.15. The maximum atomic E-state index is 9.06. The van der Waals surface area contributed by atoms with Crippen LogP contribution in [0.5, 0.6) is 0 Å². The molecule has 0 atom stereocenters. The number of aliphatic hydroxyl groups is 1. The van der Waals surface area contributed by atoms with Crippen LogP contribution < -0.4 is 4.90 Å². The third-order valence-electron chi connectivity index (χ3n) is 3.07. The molecular weight excluding hydrogens is 188 g/mol. The molecule has 15 heavy (non-hydrogen) atoms. The molecule has 3 nitrogen and oxygen atoms in total. The van der Waals surface area contributed by atoms with Crippen LogP contribution in [0.2, 0.25) is 0 Å². The van der Waals surface area contributed by atoms with Gasteiger partial charge in [0, 0.05) is 25.4 Å². The van der Waals surface area contributed by atoms with E-state index in [1.54, 1.807) is 0 Å². The van der Waals surface area contributed by atoms with Crippen molar-refractivity contribution in [3.8, 4) is 0 Å². The van der Waals surface area contributed by atoms with Gasteiger partial charge in [0.2, 0.25) is 0 Å². The number of hydrogen-bond donors (Lipinski definition) is 1. The van der Waals surface area contributed by atoms with Crippen molar-refractivity contribution in [1.29, 1.82) is 0 Å². The molecule has 0 bridgehead atoms. The topological polar surface area (TPSA) is 36.4 Å². The van der Waals surface area contributed by atoms with Crippen molar-refractivity contribution in [3.63, 3.8) is 0 Å². The molecule has 82 valence electrons. The zero-order valence-electron chi connectivity index (χ0n) is 9.19. The SMILES string of the molecule is Cc1cccc(N2CCC(CO)CC2)n1. The molecule has 0 amide bonds. The van der Waals surface area contributed by atoms with Crippen molar-refractivity contribution in [1.82, 2.24) is 4.98 Å². The van der Waals surface area contributed by atoms with E-state index >= 15 is 0 Å². The fourth-order valence-electron chi connectivity index (χ4n) is 2.05. The molecule has 1 aliphatic heterocycles. The lowest BCUT2D eigenvalue weighted by atomic mass is 9.98. The van der Waals surface area contributed by atoms with E-state index in [2.05, 4.69) is 22.0 Å². The lowest BCUT2D eigenvalue weighted by Gasteiger charge is -2.32. The Hall–Kier alpha value is -1.09. The molecule has 2 heterocycles. The quantitative estimate of drug-likeness (QED) is 0.798. The standard InChI is InChI=1S/C12H18N2O/c1-10-3-2-4-12(13-10)14-7-5-11(9-15)6-8-14/h2-4,11,15H,5-9H2,1H3. The number of piperidine rings is 1.